The number of nitrogens with zero attached hydrogens (tertiary/aromatic N) is 1. The molecule has 0 radical (unpaired) electrons. The van der Waals surface area contributed by atoms with Gasteiger partial charge >= 0.3 is 5.97 Å². The average Bonchev–Trinajstić information content (AvgIpc) is 2.09. The summed E-state index contributed by atoms with van der Waals surface area (Å²) >= 11 is 8.57. The Morgan fingerprint density at radius 3 is 2.92 bits per heavy atom. The van der Waals surface area contributed by atoms with Crippen molar-refractivity contribution in [3.05, 3.63) is 29.0 Å². The molecule has 0 N–H and O–H groups in total. The van der Waals surface area contributed by atoms with E-state index < -0.39 is 0 Å². The molecule has 0 aromatic carbocycles. The molecule has 0 saturated heterocycles. The van der Waals surface area contributed by atoms with Gasteiger partial charge in [0.15, 0.2) is 0 Å². The molecule has 0 amide bonds. The molecule has 1 rings (SSSR count). The second-order valence-electron chi connectivity index (χ2n) is 2.29. The first-order chi connectivity index (χ1) is 6.22. The van der Waals surface area contributed by atoms with E-state index in [0.29, 0.717) is 5.15 Å². The summed E-state index contributed by atoms with van der Waals surface area (Å²) < 4.78 is 4.69. The predicted molar refractivity (Wildman–Crippen MR) is 52.8 cm³/mol. The minimum atomic E-state index is -0.291. The first kappa shape index (κ1) is 10.5. The van der Waals surface area contributed by atoms with Gasteiger partial charge in [-0.2, -0.15) is 0 Å². The van der Waals surface area contributed by atoms with Crippen molar-refractivity contribution in [2.24, 2.45) is 0 Å². The quantitative estimate of drug-likeness (QED) is 0.477. The fraction of sp³-hybridized carbons (Fsp3) is 0.250. The molecule has 0 saturated carbocycles. The molecule has 0 aliphatic heterocycles. The van der Waals surface area contributed by atoms with Crippen molar-refractivity contribution < 1.29 is 9.53 Å². The van der Waals surface area contributed by atoms with Crippen LogP contribution < -0.4 is 0 Å². The molecule has 0 fully saturated rings. The maximum absolute atomic E-state index is 11.0. The third-order valence-corrected chi connectivity index (χ3v) is 1.81. The first-order valence-corrected chi connectivity index (χ1v) is 5.04. The van der Waals surface area contributed by atoms with Gasteiger partial charge in [0.1, 0.15) is 10.7 Å². The van der Waals surface area contributed by atoms with Gasteiger partial charge in [0.05, 0.1) is 6.42 Å². The van der Waals surface area contributed by atoms with Crippen molar-refractivity contribution in [3.8, 4) is 0 Å². The molecule has 1 aromatic rings. The fourth-order valence-corrected chi connectivity index (χ4v) is 1.16. The SMILES string of the molecule is O=C(Cc1ccc(Cl)nc1)OCBr. The van der Waals surface area contributed by atoms with Crippen molar-refractivity contribution in [1.29, 1.82) is 0 Å². The highest BCUT2D eigenvalue weighted by atomic mass is 79.9. The highest BCUT2D eigenvalue weighted by Gasteiger charge is 2.03. The Morgan fingerprint density at radius 2 is 2.38 bits per heavy atom. The molecule has 0 spiro atoms. The zero-order chi connectivity index (χ0) is 9.68. The zero-order valence-corrected chi connectivity index (χ0v) is 9.01. The average molecular weight is 265 g/mol. The summed E-state index contributed by atoms with van der Waals surface area (Å²) in [4.78, 5) is 14.8. The number of alkyl halides is 1. The molecule has 13 heavy (non-hydrogen) atoms. The normalized spacial score (nSPS) is 9.69. The smallest absolute Gasteiger partial charge is 0.311 e. The number of hydrogen-bond donors (Lipinski definition) is 0. The maximum atomic E-state index is 11.0. The van der Waals surface area contributed by atoms with Gasteiger partial charge in [0.25, 0.3) is 0 Å². The van der Waals surface area contributed by atoms with Gasteiger partial charge in [-0.25, -0.2) is 4.98 Å². The molecule has 1 aromatic heterocycles. The molecule has 0 aliphatic rings. The third kappa shape index (κ3) is 3.74. The topological polar surface area (TPSA) is 39.2 Å². The van der Waals surface area contributed by atoms with Crippen molar-refractivity contribution in [3.63, 3.8) is 0 Å². The number of rotatable bonds is 3. The number of halogens is 2. The van der Waals surface area contributed by atoms with E-state index in [1.54, 1.807) is 18.3 Å². The van der Waals surface area contributed by atoms with Crippen molar-refractivity contribution in [1.82, 2.24) is 4.98 Å². The number of pyridine rings is 1. The Morgan fingerprint density at radius 1 is 1.62 bits per heavy atom. The van der Waals surface area contributed by atoms with Gasteiger partial charge in [-0.05, 0) is 27.6 Å². The summed E-state index contributed by atoms with van der Waals surface area (Å²) in [7, 11) is 0. The summed E-state index contributed by atoms with van der Waals surface area (Å²) in [6, 6.07) is 3.38. The monoisotopic (exact) mass is 263 g/mol. The predicted octanol–water partition coefficient (Wildman–Crippen LogP) is 2.17. The lowest BCUT2D eigenvalue weighted by atomic mass is 10.2. The van der Waals surface area contributed by atoms with Crippen LogP contribution in [-0.4, -0.2) is 16.5 Å². The first-order valence-electron chi connectivity index (χ1n) is 3.54. The van der Waals surface area contributed by atoms with Gasteiger partial charge in [-0.3, -0.25) is 4.79 Å². The van der Waals surface area contributed by atoms with E-state index in [1.807, 2.05) is 0 Å². The second-order valence-corrected chi connectivity index (χ2v) is 3.14. The molecular formula is C8H7BrClNO2. The largest absolute Gasteiger partial charge is 0.454 e. The number of ether oxygens (including phenoxy) is 1. The number of esters is 1. The molecule has 0 unspecified atom stereocenters. The summed E-state index contributed by atoms with van der Waals surface area (Å²) in [5.41, 5.74) is 1.00. The highest BCUT2D eigenvalue weighted by Crippen LogP contribution is 2.06. The van der Waals surface area contributed by atoms with E-state index in [-0.39, 0.29) is 17.9 Å². The number of aromatic nitrogens is 1. The molecule has 0 aliphatic carbocycles. The van der Waals surface area contributed by atoms with E-state index >= 15 is 0 Å². The number of carbonyl (C=O) groups excluding carboxylic acids is 1. The molecule has 5 heteroatoms. The minimum Gasteiger partial charge on any atom is -0.454 e. The van der Waals surface area contributed by atoms with Gasteiger partial charge in [-0.1, -0.05) is 17.7 Å². The summed E-state index contributed by atoms with van der Waals surface area (Å²) in [5, 5.41) is 0.414. The van der Waals surface area contributed by atoms with Crippen LogP contribution in [0.1, 0.15) is 5.56 Å². The molecule has 3 nitrogen and oxygen atoms in total. The lowest BCUT2D eigenvalue weighted by molar-refractivity contribution is -0.140. The van der Waals surface area contributed by atoms with Crippen LogP contribution in [-0.2, 0) is 16.0 Å². The van der Waals surface area contributed by atoms with Crippen LogP contribution in [0.25, 0.3) is 0 Å². The number of hydrogen-bond acceptors (Lipinski definition) is 3. The lowest BCUT2D eigenvalue weighted by Gasteiger charge is -2.00. The number of carbonyl (C=O) groups is 1. The third-order valence-electron chi connectivity index (χ3n) is 1.35. The van der Waals surface area contributed by atoms with Gasteiger partial charge < -0.3 is 4.74 Å². The van der Waals surface area contributed by atoms with Crippen LogP contribution in [0.3, 0.4) is 0 Å². The van der Waals surface area contributed by atoms with Gasteiger partial charge in [0.2, 0.25) is 0 Å². The van der Waals surface area contributed by atoms with Crippen LogP contribution in [0.15, 0.2) is 18.3 Å². The van der Waals surface area contributed by atoms with Crippen molar-refractivity contribution in [2.45, 2.75) is 6.42 Å². The van der Waals surface area contributed by atoms with E-state index in [2.05, 4.69) is 20.9 Å². The Balaban J connectivity index is 2.54. The van der Waals surface area contributed by atoms with E-state index in [4.69, 9.17) is 16.3 Å². The minimum absolute atomic E-state index is 0.215. The van der Waals surface area contributed by atoms with Gasteiger partial charge in [0, 0.05) is 6.20 Å². The molecule has 0 bridgehead atoms. The summed E-state index contributed by atoms with van der Waals surface area (Å²) in [6.45, 7) is 0. The standard InChI is InChI=1S/C8H7BrClNO2/c9-5-13-8(12)3-6-1-2-7(10)11-4-6/h1-2,4H,3,5H2. The van der Waals surface area contributed by atoms with Crippen LogP contribution in [0.4, 0.5) is 0 Å². The second kappa shape index (κ2) is 5.19. The Kier molecular flexibility index (Phi) is 4.18. The molecular weight excluding hydrogens is 257 g/mol. The van der Waals surface area contributed by atoms with Crippen LogP contribution in [0, 0.1) is 0 Å². The molecule has 0 atom stereocenters. The molecule has 1 heterocycles. The Labute approximate surface area is 89.2 Å². The van der Waals surface area contributed by atoms with Crippen LogP contribution in [0.2, 0.25) is 5.15 Å². The summed E-state index contributed by atoms with van der Waals surface area (Å²) in [5.74, 6) is -0.291. The van der Waals surface area contributed by atoms with Crippen molar-refractivity contribution >= 4 is 33.5 Å². The fourth-order valence-electron chi connectivity index (χ4n) is 0.790. The maximum Gasteiger partial charge on any atom is 0.311 e. The van der Waals surface area contributed by atoms with E-state index in [0.717, 1.165) is 5.56 Å². The lowest BCUT2D eigenvalue weighted by Crippen LogP contribution is -2.06. The van der Waals surface area contributed by atoms with Crippen LogP contribution >= 0.6 is 27.5 Å². The van der Waals surface area contributed by atoms with E-state index in [9.17, 15) is 4.79 Å². The zero-order valence-electron chi connectivity index (χ0n) is 6.67. The molecule has 70 valence electrons. The van der Waals surface area contributed by atoms with E-state index in [1.165, 1.54) is 0 Å². The highest BCUT2D eigenvalue weighted by molar-refractivity contribution is 9.09. The Hall–Kier alpha value is -0.610. The van der Waals surface area contributed by atoms with Crippen molar-refractivity contribution in [2.75, 3.05) is 5.52 Å². The van der Waals surface area contributed by atoms with Crippen LogP contribution in [0.5, 0.6) is 0 Å². The summed E-state index contributed by atoms with van der Waals surface area (Å²) in [6.07, 6.45) is 1.77. The van der Waals surface area contributed by atoms with Gasteiger partial charge in [-0.15, -0.1) is 0 Å². The Bertz CT molecular complexity index is 289.